The van der Waals surface area contributed by atoms with Crippen LogP contribution >= 0.6 is 0 Å². The smallest absolute Gasteiger partial charge is 0.206 e. The van der Waals surface area contributed by atoms with E-state index >= 15 is 0 Å². The molecule has 1 aromatic rings. The molecule has 0 saturated carbocycles. The molecule has 0 aromatic carbocycles. The highest BCUT2D eigenvalue weighted by atomic mass is 32.2. The molecule has 1 N–H and O–H groups in total. The average molecular weight is 159 g/mol. The summed E-state index contributed by atoms with van der Waals surface area (Å²) < 4.78 is 19.8. The highest BCUT2D eigenvalue weighted by Gasteiger charge is 2.06. The van der Waals surface area contributed by atoms with Crippen LogP contribution in [0.2, 0.25) is 0 Å². The number of hydrogen-bond acceptors (Lipinski definition) is 3. The van der Waals surface area contributed by atoms with Crippen molar-refractivity contribution < 1.29 is 4.21 Å². The van der Waals surface area contributed by atoms with E-state index in [2.05, 4.69) is 4.98 Å². The number of nitrogens with zero attached hydrogens (tertiary/aromatic N) is 2. The minimum atomic E-state index is -2.64. The molecule has 56 valence electrons. The van der Waals surface area contributed by atoms with E-state index in [1.54, 1.807) is 17.8 Å². The van der Waals surface area contributed by atoms with Gasteiger partial charge >= 0.3 is 0 Å². The number of aromatic nitrogens is 2. The lowest BCUT2D eigenvalue weighted by atomic mass is 10.9. The number of aryl methyl sites for hydroxylation is 1. The lowest BCUT2D eigenvalue weighted by molar-refractivity contribution is 0.660. The Morgan fingerprint density at radius 3 is 2.60 bits per heavy atom. The van der Waals surface area contributed by atoms with Crippen molar-refractivity contribution >= 4 is 9.73 Å². The lowest BCUT2D eigenvalue weighted by Crippen LogP contribution is -2.03. The van der Waals surface area contributed by atoms with Gasteiger partial charge in [-0.05, 0) is 0 Å². The van der Waals surface area contributed by atoms with Gasteiger partial charge in [0, 0.05) is 25.7 Å². The van der Waals surface area contributed by atoms with Gasteiger partial charge in [0.05, 0.1) is 0 Å². The van der Waals surface area contributed by atoms with Gasteiger partial charge in [0.25, 0.3) is 0 Å². The van der Waals surface area contributed by atoms with E-state index in [1.807, 2.05) is 0 Å². The summed E-state index contributed by atoms with van der Waals surface area (Å²) in [5, 5.41) is 0.326. The van der Waals surface area contributed by atoms with Crippen molar-refractivity contribution in [3.63, 3.8) is 0 Å². The van der Waals surface area contributed by atoms with Gasteiger partial charge in [0.1, 0.15) is 9.73 Å². The quantitative estimate of drug-likeness (QED) is 0.647. The Labute approximate surface area is 59.9 Å². The van der Waals surface area contributed by atoms with E-state index in [0.717, 1.165) is 0 Å². The number of imidazole rings is 1. The molecule has 1 aromatic heterocycles. The van der Waals surface area contributed by atoms with Gasteiger partial charge in [-0.1, -0.05) is 0 Å². The molecule has 0 fully saturated rings. The Balaban J connectivity index is 3.32. The van der Waals surface area contributed by atoms with Crippen LogP contribution in [0.4, 0.5) is 0 Å². The van der Waals surface area contributed by atoms with Gasteiger partial charge in [-0.15, -0.1) is 0 Å². The maximum absolute atomic E-state index is 11.1. The van der Waals surface area contributed by atoms with Gasteiger partial charge in [-0.25, -0.2) is 14.0 Å². The average Bonchev–Trinajstić information content (AvgIpc) is 2.11. The third-order valence-corrected chi connectivity index (χ3v) is 2.22. The van der Waals surface area contributed by atoms with Crippen molar-refractivity contribution in [2.24, 2.45) is 7.05 Å². The zero-order valence-corrected chi connectivity index (χ0v) is 6.68. The molecule has 1 atom stereocenters. The van der Waals surface area contributed by atoms with Crippen molar-refractivity contribution in [2.45, 2.75) is 5.16 Å². The molecule has 5 heteroatoms. The molecule has 0 amide bonds. The fourth-order valence-corrected chi connectivity index (χ4v) is 1.60. The molecule has 1 heterocycles. The molecule has 0 saturated heterocycles. The summed E-state index contributed by atoms with van der Waals surface area (Å²) in [7, 11) is -0.916. The van der Waals surface area contributed by atoms with Gasteiger partial charge in [0.2, 0.25) is 5.16 Å². The van der Waals surface area contributed by atoms with E-state index in [-0.39, 0.29) is 0 Å². The molecule has 0 aliphatic rings. The third-order valence-electron chi connectivity index (χ3n) is 1.13. The summed E-state index contributed by atoms with van der Waals surface area (Å²) in [6.45, 7) is 0. The second kappa shape index (κ2) is 2.09. The largest absolute Gasteiger partial charge is 0.326 e. The predicted octanol–water partition coefficient (Wildman–Crippen LogP) is 0.456. The van der Waals surface area contributed by atoms with E-state index in [4.69, 9.17) is 4.78 Å². The Hall–Kier alpha value is -0.840. The molecule has 0 radical (unpaired) electrons. The van der Waals surface area contributed by atoms with Crippen LogP contribution in [0.15, 0.2) is 17.6 Å². The molecular formula is C5H9N3OS. The second-order valence-corrected chi connectivity index (χ2v) is 4.22. The first kappa shape index (κ1) is 7.27. The predicted molar refractivity (Wildman–Crippen MR) is 38.3 cm³/mol. The van der Waals surface area contributed by atoms with Crippen LogP contribution in [-0.4, -0.2) is 20.0 Å². The number of rotatable bonds is 1. The molecule has 10 heavy (non-hydrogen) atoms. The molecule has 1 rings (SSSR count). The first-order valence-corrected chi connectivity index (χ1v) is 4.69. The van der Waals surface area contributed by atoms with Gasteiger partial charge < -0.3 is 4.57 Å². The molecule has 4 nitrogen and oxygen atoms in total. The van der Waals surface area contributed by atoms with Crippen molar-refractivity contribution in [1.29, 1.82) is 4.78 Å². The standard InChI is InChI=1S/C5H9N3OS/c1-8-4-3-7-5(8)10(2,6)9/h3-4,6H,1-2H3. The summed E-state index contributed by atoms with van der Waals surface area (Å²) in [4.78, 5) is 3.79. The van der Waals surface area contributed by atoms with Crippen molar-refractivity contribution in [2.75, 3.05) is 6.26 Å². The van der Waals surface area contributed by atoms with Gasteiger partial charge in [-0.2, -0.15) is 0 Å². The fourth-order valence-electron chi connectivity index (χ4n) is 0.727. The van der Waals surface area contributed by atoms with E-state index in [9.17, 15) is 4.21 Å². The number of nitrogens with one attached hydrogen (secondary N) is 1. The first-order valence-electron chi connectivity index (χ1n) is 2.73. The monoisotopic (exact) mass is 159 g/mol. The van der Waals surface area contributed by atoms with Crippen LogP contribution in [-0.2, 0) is 16.8 Å². The Kier molecular flexibility index (Phi) is 1.52. The van der Waals surface area contributed by atoms with E-state index in [0.29, 0.717) is 5.16 Å². The Morgan fingerprint density at radius 2 is 2.40 bits per heavy atom. The van der Waals surface area contributed by atoms with Crippen LogP contribution in [0.3, 0.4) is 0 Å². The summed E-state index contributed by atoms with van der Waals surface area (Å²) >= 11 is 0. The molecule has 0 aliphatic heterocycles. The highest BCUT2D eigenvalue weighted by molar-refractivity contribution is 7.91. The number of hydrogen-bond donors (Lipinski definition) is 1. The van der Waals surface area contributed by atoms with Crippen molar-refractivity contribution in [3.05, 3.63) is 12.4 Å². The molecule has 0 spiro atoms. The molecule has 0 bridgehead atoms. The minimum absolute atomic E-state index is 0.326. The maximum atomic E-state index is 11.1. The highest BCUT2D eigenvalue weighted by Crippen LogP contribution is 2.02. The SMILES string of the molecule is Cn1ccnc1S(C)(=N)=O. The molecule has 0 aliphatic carbocycles. The first-order chi connectivity index (χ1) is 4.52. The molecule has 1 unspecified atom stereocenters. The lowest BCUT2D eigenvalue weighted by Gasteiger charge is -1.98. The fraction of sp³-hybridized carbons (Fsp3) is 0.400. The zero-order chi connectivity index (χ0) is 7.78. The van der Waals surface area contributed by atoms with Crippen LogP contribution < -0.4 is 0 Å². The Morgan fingerprint density at radius 1 is 1.80 bits per heavy atom. The summed E-state index contributed by atoms with van der Waals surface area (Å²) in [6.07, 6.45) is 4.56. The summed E-state index contributed by atoms with van der Waals surface area (Å²) in [5.41, 5.74) is 0. The van der Waals surface area contributed by atoms with Crippen LogP contribution in [0.5, 0.6) is 0 Å². The van der Waals surface area contributed by atoms with Crippen LogP contribution in [0, 0.1) is 4.78 Å². The second-order valence-electron chi connectivity index (χ2n) is 2.16. The summed E-state index contributed by atoms with van der Waals surface area (Å²) in [5.74, 6) is 0. The topological polar surface area (TPSA) is 58.7 Å². The Bertz CT molecular complexity index is 324. The van der Waals surface area contributed by atoms with Crippen molar-refractivity contribution in [1.82, 2.24) is 9.55 Å². The molecular weight excluding hydrogens is 150 g/mol. The minimum Gasteiger partial charge on any atom is -0.326 e. The van der Waals surface area contributed by atoms with Crippen LogP contribution in [0.1, 0.15) is 0 Å². The van der Waals surface area contributed by atoms with E-state index in [1.165, 1.54) is 12.5 Å². The van der Waals surface area contributed by atoms with E-state index < -0.39 is 9.73 Å². The van der Waals surface area contributed by atoms with Crippen molar-refractivity contribution in [3.8, 4) is 0 Å². The maximum Gasteiger partial charge on any atom is 0.206 e. The van der Waals surface area contributed by atoms with Gasteiger partial charge in [0.15, 0.2) is 0 Å². The third kappa shape index (κ3) is 1.18. The van der Waals surface area contributed by atoms with Crippen LogP contribution in [0.25, 0.3) is 0 Å². The van der Waals surface area contributed by atoms with Gasteiger partial charge in [-0.3, -0.25) is 0 Å². The summed E-state index contributed by atoms with van der Waals surface area (Å²) in [6, 6.07) is 0. The normalized spacial score (nSPS) is 16.6. The zero-order valence-electron chi connectivity index (χ0n) is 5.87.